The molecule has 0 spiro atoms. The van der Waals surface area contributed by atoms with Gasteiger partial charge in [0, 0.05) is 30.3 Å². The number of nitrogens with zero attached hydrogens (tertiary/aromatic N) is 3. The number of fused-ring (bicyclic) bond motifs is 1. The van der Waals surface area contributed by atoms with Gasteiger partial charge >= 0.3 is 11.9 Å². The van der Waals surface area contributed by atoms with E-state index in [9.17, 15) is 31.6 Å². The summed E-state index contributed by atoms with van der Waals surface area (Å²) in [5, 5.41) is 12.5. The number of rotatable bonds is 6. The van der Waals surface area contributed by atoms with Crippen LogP contribution >= 0.6 is 11.6 Å². The van der Waals surface area contributed by atoms with Gasteiger partial charge < -0.3 is 10.9 Å². The van der Waals surface area contributed by atoms with Crippen molar-refractivity contribution in [3.63, 3.8) is 0 Å². The molecule has 13 heteroatoms. The van der Waals surface area contributed by atoms with Gasteiger partial charge in [0.1, 0.15) is 12.7 Å². The van der Waals surface area contributed by atoms with Crippen molar-refractivity contribution in [1.29, 1.82) is 0 Å². The summed E-state index contributed by atoms with van der Waals surface area (Å²) in [6, 6.07) is 3.73. The van der Waals surface area contributed by atoms with E-state index in [2.05, 4.69) is 0 Å². The summed E-state index contributed by atoms with van der Waals surface area (Å²) < 4.78 is 69.0. The van der Waals surface area contributed by atoms with Gasteiger partial charge in [-0.15, -0.1) is 0 Å². The first kappa shape index (κ1) is 29.3. The number of halogens is 4. The molecule has 212 valence electrons. The minimum absolute atomic E-state index is 0.00152. The van der Waals surface area contributed by atoms with Crippen LogP contribution in [0.3, 0.4) is 0 Å². The Morgan fingerprint density at radius 3 is 2.46 bits per heavy atom. The number of aromatic nitrogens is 2. The molecular formula is C26H30ClF3N4O4S. The van der Waals surface area contributed by atoms with Crippen LogP contribution < -0.4 is 16.2 Å². The molecule has 8 nitrogen and oxygen atoms in total. The molecule has 2 aromatic carbocycles. The summed E-state index contributed by atoms with van der Waals surface area (Å²) >= 11 is 6.43. The Hall–Kier alpha value is -2.67. The van der Waals surface area contributed by atoms with Crippen LogP contribution in [-0.2, 0) is 29.1 Å². The summed E-state index contributed by atoms with van der Waals surface area (Å²) in [6.07, 6.45) is -2.19. The predicted octanol–water partition coefficient (Wildman–Crippen LogP) is 3.69. The van der Waals surface area contributed by atoms with E-state index in [0.717, 1.165) is 34.4 Å². The third-order valence-electron chi connectivity index (χ3n) is 7.25. The number of piperidine rings is 1. The second kappa shape index (κ2) is 10.7. The lowest BCUT2D eigenvalue weighted by molar-refractivity contribution is -0.598. The summed E-state index contributed by atoms with van der Waals surface area (Å²) in [4.78, 5) is 14.9. The average Bonchev–Trinajstić information content (AvgIpc) is 2.85. The van der Waals surface area contributed by atoms with E-state index in [-0.39, 0.29) is 56.5 Å². The Kier molecular flexibility index (Phi) is 8.06. The lowest BCUT2D eigenvalue weighted by Gasteiger charge is -2.31. The third-order valence-corrected chi connectivity index (χ3v) is 9.47. The number of aryl methyl sites for hydroxylation is 2. The molecule has 1 aliphatic heterocycles. The SMILES string of the molecule is CCS(=O)(=O)c1cc(C)c(C)cc1Cn1cc2cc(C(F)(F)F)c(CN3CCC[C@@H](N)C3)c(Cl)c2[n+]([O-])c1=O. The van der Waals surface area contributed by atoms with E-state index in [4.69, 9.17) is 17.3 Å². The van der Waals surface area contributed by atoms with Crippen LogP contribution in [0.5, 0.6) is 0 Å². The van der Waals surface area contributed by atoms with Crippen molar-refractivity contribution >= 4 is 32.3 Å². The van der Waals surface area contributed by atoms with Crippen molar-refractivity contribution in [2.75, 3.05) is 18.8 Å². The summed E-state index contributed by atoms with van der Waals surface area (Å²) in [6.45, 7) is 5.39. The van der Waals surface area contributed by atoms with Crippen molar-refractivity contribution in [1.82, 2.24) is 9.47 Å². The highest BCUT2D eigenvalue weighted by Gasteiger charge is 2.37. The van der Waals surface area contributed by atoms with Gasteiger partial charge in [-0.2, -0.15) is 27.3 Å². The van der Waals surface area contributed by atoms with E-state index >= 15 is 0 Å². The standard InChI is InChI=1S/C26H30ClF3N4O4S/c1-4-39(37,38)22-9-16(3)15(2)8-17(22)11-33-12-18-10-21(26(28,29)30)20(14-32-7-5-6-19(31)13-32)23(27)24(18)34(36)25(33)35/h8-10,12,19H,4-7,11,13-14,31H2,1-3H3/t19-/m1/s1. The predicted molar refractivity (Wildman–Crippen MR) is 142 cm³/mol. The van der Waals surface area contributed by atoms with Crippen molar-refractivity contribution in [2.24, 2.45) is 5.73 Å². The van der Waals surface area contributed by atoms with Gasteiger partial charge in [-0.1, -0.05) is 24.6 Å². The number of alkyl halides is 3. The van der Waals surface area contributed by atoms with E-state index in [1.54, 1.807) is 24.8 Å². The van der Waals surface area contributed by atoms with Gasteiger partial charge in [0.15, 0.2) is 15.4 Å². The minimum atomic E-state index is -4.78. The molecule has 39 heavy (non-hydrogen) atoms. The summed E-state index contributed by atoms with van der Waals surface area (Å²) in [5.74, 6) is -0.189. The molecule has 2 heterocycles. The second-order valence-corrected chi connectivity index (χ2v) is 12.7. The van der Waals surface area contributed by atoms with Gasteiger partial charge in [-0.05, 0) is 56.5 Å². The first-order valence-corrected chi connectivity index (χ1v) is 14.5. The molecule has 0 unspecified atom stereocenters. The van der Waals surface area contributed by atoms with E-state index in [0.29, 0.717) is 19.5 Å². The molecule has 2 N–H and O–H groups in total. The highest BCUT2D eigenvalue weighted by atomic mass is 35.5. The maximum atomic E-state index is 14.2. The van der Waals surface area contributed by atoms with Crippen LogP contribution in [0, 0.1) is 19.1 Å². The quantitative estimate of drug-likeness (QED) is 0.348. The van der Waals surface area contributed by atoms with Gasteiger partial charge in [0.25, 0.3) is 0 Å². The van der Waals surface area contributed by atoms with Gasteiger partial charge in [-0.25, -0.2) is 8.42 Å². The molecule has 3 aromatic rings. The fourth-order valence-electron chi connectivity index (χ4n) is 5.02. The zero-order valence-electron chi connectivity index (χ0n) is 21.8. The normalized spacial score (nSPS) is 17.2. The smallest absolute Gasteiger partial charge is 0.501 e. The molecule has 4 rings (SSSR count). The number of likely N-dealkylation sites (tertiary alicyclic amines) is 1. The zero-order valence-corrected chi connectivity index (χ0v) is 23.4. The van der Waals surface area contributed by atoms with Crippen LogP contribution in [0.4, 0.5) is 13.2 Å². The van der Waals surface area contributed by atoms with Crippen molar-refractivity contribution < 1.29 is 26.3 Å². The van der Waals surface area contributed by atoms with Gasteiger partial charge in [0.2, 0.25) is 0 Å². The Morgan fingerprint density at radius 1 is 1.18 bits per heavy atom. The van der Waals surface area contributed by atoms with E-state index < -0.39 is 32.3 Å². The monoisotopic (exact) mass is 586 g/mol. The maximum absolute atomic E-state index is 14.2. The fourth-order valence-corrected chi connectivity index (χ4v) is 6.56. The number of nitrogens with two attached hydrogens (primary N) is 1. The Labute approximate surface area is 229 Å². The van der Waals surface area contributed by atoms with Crippen molar-refractivity contribution in [3.8, 4) is 0 Å². The highest BCUT2D eigenvalue weighted by Crippen LogP contribution is 2.39. The third kappa shape index (κ3) is 5.79. The molecule has 1 saturated heterocycles. The first-order valence-electron chi connectivity index (χ1n) is 12.5. The zero-order chi connectivity index (χ0) is 28.9. The summed E-state index contributed by atoms with van der Waals surface area (Å²) in [5.41, 5.74) is 4.95. The minimum Gasteiger partial charge on any atom is -0.708 e. The molecule has 0 aliphatic carbocycles. The maximum Gasteiger partial charge on any atom is 0.501 e. The van der Waals surface area contributed by atoms with Crippen LogP contribution in [0.15, 0.2) is 34.1 Å². The largest absolute Gasteiger partial charge is 0.708 e. The molecule has 1 aliphatic rings. The fraction of sp³-hybridized carbons (Fsp3) is 0.462. The molecule has 0 saturated carbocycles. The van der Waals surface area contributed by atoms with Crippen molar-refractivity contribution in [2.45, 2.75) is 63.8 Å². The van der Waals surface area contributed by atoms with Crippen LogP contribution in [-0.4, -0.2) is 42.8 Å². The molecule has 1 atom stereocenters. The number of sulfone groups is 1. The van der Waals surface area contributed by atoms with E-state index in [1.807, 2.05) is 0 Å². The number of hydrogen-bond acceptors (Lipinski definition) is 6. The summed E-state index contributed by atoms with van der Waals surface area (Å²) in [7, 11) is -3.69. The Balaban J connectivity index is 1.89. The Bertz CT molecular complexity index is 1610. The number of hydrogen-bond donors (Lipinski definition) is 1. The topological polar surface area (TPSA) is 112 Å². The van der Waals surface area contributed by atoms with Crippen LogP contribution in [0.2, 0.25) is 5.02 Å². The first-order chi connectivity index (χ1) is 18.1. The lowest BCUT2D eigenvalue weighted by Crippen LogP contribution is -2.51. The van der Waals surface area contributed by atoms with Crippen molar-refractivity contribution in [3.05, 3.63) is 72.9 Å². The van der Waals surface area contributed by atoms with Crippen LogP contribution in [0.1, 0.15) is 47.6 Å². The molecule has 0 radical (unpaired) electrons. The highest BCUT2D eigenvalue weighted by molar-refractivity contribution is 7.91. The molecule has 0 amide bonds. The van der Waals surface area contributed by atoms with Gasteiger partial charge in [-0.3, -0.25) is 4.90 Å². The molecular weight excluding hydrogens is 557 g/mol. The Morgan fingerprint density at radius 2 is 1.85 bits per heavy atom. The average molecular weight is 587 g/mol. The molecule has 1 aromatic heterocycles. The van der Waals surface area contributed by atoms with E-state index in [1.165, 1.54) is 13.0 Å². The molecule has 0 bridgehead atoms. The number of benzene rings is 2. The second-order valence-electron chi connectivity index (χ2n) is 10.1. The van der Waals surface area contributed by atoms with Gasteiger partial charge in [0.05, 0.1) is 26.6 Å². The van der Waals surface area contributed by atoms with Crippen LogP contribution in [0.25, 0.3) is 10.9 Å². The molecule has 1 fully saturated rings. The lowest BCUT2D eigenvalue weighted by atomic mass is 10.0.